The van der Waals surface area contributed by atoms with E-state index in [1.807, 2.05) is 13.1 Å². The van der Waals surface area contributed by atoms with Crippen molar-refractivity contribution in [3.8, 4) is 0 Å². The number of hydrogen-bond donors (Lipinski definition) is 2. The molecule has 66 valence electrons. The third-order valence-corrected chi connectivity index (χ3v) is 2.58. The Bertz CT molecular complexity index is 266. The number of imidazole rings is 1. The first kappa shape index (κ1) is 7.80. The Hall–Kier alpha value is -0.830. The van der Waals surface area contributed by atoms with Gasteiger partial charge >= 0.3 is 0 Å². The van der Waals surface area contributed by atoms with E-state index in [2.05, 4.69) is 9.97 Å². The Balaban J connectivity index is 2.11. The van der Waals surface area contributed by atoms with Gasteiger partial charge in [0.1, 0.15) is 5.82 Å². The largest absolute Gasteiger partial charge is 0.346 e. The molecule has 3 N–H and O–H groups in total. The molecule has 3 heteroatoms. The van der Waals surface area contributed by atoms with E-state index in [0.29, 0.717) is 12.0 Å². The topological polar surface area (TPSA) is 54.7 Å². The number of aromatic nitrogens is 2. The van der Waals surface area contributed by atoms with Gasteiger partial charge in [-0.15, -0.1) is 0 Å². The summed E-state index contributed by atoms with van der Waals surface area (Å²) in [6.07, 6.45) is 5.31. The summed E-state index contributed by atoms with van der Waals surface area (Å²) in [7, 11) is 0. The van der Waals surface area contributed by atoms with Gasteiger partial charge in [0.05, 0.1) is 0 Å². The van der Waals surface area contributed by atoms with Crippen LogP contribution in [0.4, 0.5) is 0 Å². The van der Waals surface area contributed by atoms with Crippen molar-refractivity contribution in [2.75, 3.05) is 0 Å². The molecular formula is C9H15N3. The molecule has 3 nitrogen and oxygen atoms in total. The molecule has 1 aliphatic carbocycles. The van der Waals surface area contributed by atoms with Crippen LogP contribution in [0.3, 0.4) is 0 Å². The minimum Gasteiger partial charge on any atom is -0.346 e. The quantitative estimate of drug-likeness (QED) is 0.659. The molecule has 0 aromatic carbocycles. The average Bonchev–Trinajstić information content (AvgIpc) is 2.58. The maximum atomic E-state index is 5.83. The Morgan fingerprint density at radius 2 is 2.42 bits per heavy atom. The van der Waals surface area contributed by atoms with Crippen LogP contribution in [-0.4, -0.2) is 16.0 Å². The Morgan fingerprint density at radius 3 is 2.92 bits per heavy atom. The van der Waals surface area contributed by atoms with E-state index in [0.717, 1.165) is 24.4 Å². The van der Waals surface area contributed by atoms with Crippen molar-refractivity contribution in [1.29, 1.82) is 0 Å². The molecule has 0 radical (unpaired) electrons. The van der Waals surface area contributed by atoms with Crippen LogP contribution in [0.1, 0.15) is 36.7 Å². The van der Waals surface area contributed by atoms with Crippen LogP contribution < -0.4 is 5.73 Å². The van der Waals surface area contributed by atoms with Crippen LogP contribution in [0.5, 0.6) is 0 Å². The molecule has 2 unspecified atom stereocenters. The minimum absolute atomic E-state index is 0.389. The molecule has 0 amide bonds. The molecule has 1 heterocycles. The number of aromatic amines is 1. The summed E-state index contributed by atoms with van der Waals surface area (Å²) in [4.78, 5) is 7.59. The van der Waals surface area contributed by atoms with Crippen LogP contribution in [0, 0.1) is 6.92 Å². The zero-order chi connectivity index (χ0) is 8.55. The molecule has 0 saturated heterocycles. The second-order valence-corrected chi connectivity index (χ2v) is 3.72. The third-order valence-electron chi connectivity index (χ3n) is 2.58. The third kappa shape index (κ3) is 1.37. The van der Waals surface area contributed by atoms with Crippen molar-refractivity contribution in [3.63, 3.8) is 0 Å². The Kier molecular flexibility index (Phi) is 1.89. The molecule has 2 rings (SSSR count). The van der Waals surface area contributed by atoms with Crippen molar-refractivity contribution < 1.29 is 0 Å². The first-order valence-electron chi connectivity index (χ1n) is 4.53. The molecular weight excluding hydrogens is 150 g/mol. The van der Waals surface area contributed by atoms with Crippen LogP contribution in [0.25, 0.3) is 0 Å². The zero-order valence-electron chi connectivity index (χ0n) is 7.38. The van der Waals surface area contributed by atoms with E-state index in [1.165, 1.54) is 6.42 Å². The number of H-pyrrole nitrogens is 1. The van der Waals surface area contributed by atoms with Crippen molar-refractivity contribution in [1.82, 2.24) is 9.97 Å². The number of nitrogens with one attached hydrogen (secondary N) is 1. The summed E-state index contributed by atoms with van der Waals surface area (Å²) in [6.45, 7) is 2.03. The van der Waals surface area contributed by atoms with Gasteiger partial charge in [-0.1, -0.05) is 0 Å². The maximum Gasteiger partial charge on any atom is 0.109 e. The lowest BCUT2D eigenvalue weighted by atomic mass is 10.1. The van der Waals surface area contributed by atoms with Crippen LogP contribution in [0.2, 0.25) is 0 Å². The predicted molar refractivity (Wildman–Crippen MR) is 47.9 cm³/mol. The van der Waals surface area contributed by atoms with Gasteiger partial charge in [0, 0.05) is 23.9 Å². The van der Waals surface area contributed by atoms with Gasteiger partial charge in [-0.2, -0.15) is 0 Å². The van der Waals surface area contributed by atoms with Gasteiger partial charge in [0.25, 0.3) is 0 Å². The minimum atomic E-state index is 0.389. The highest BCUT2D eigenvalue weighted by Gasteiger charge is 2.24. The summed E-state index contributed by atoms with van der Waals surface area (Å²) in [5, 5.41) is 0. The highest BCUT2D eigenvalue weighted by atomic mass is 14.9. The molecule has 1 fully saturated rings. The van der Waals surface area contributed by atoms with Crippen molar-refractivity contribution in [3.05, 3.63) is 17.7 Å². The summed E-state index contributed by atoms with van der Waals surface area (Å²) in [5.74, 6) is 1.70. The molecule has 12 heavy (non-hydrogen) atoms. The van der Waals surface area contributed by atoms with E-state index in [-0.39, 0.29) is 0 Å². The number of nitrogens with zero attached hydrogens (tertiary/aromatic N) is 1. The predicted octanol–water partition coefficient (Wildman–Crippen LogP) is 1.31. The summed E-state index contributed by atoms with van der Waals surface area (Å²) < 4.78 is 0. The monoisotopic (exact) mass is 165 g/mol. The lowest BCUT2D eigenvalue weighted by molar-refractivity contribution is 0.649. The van der Waals surface area contributed by atoms with Gasteiger partial charge in [-0.05, 0) is 26.2 Å². The number of rotatable bonds is 1. The van der Waals surface area contributed by atoms with E-state index >= 15 is 0 Å². The van der Waals surface area contributed by atoms with E-state index in [9.17, 15) is 0 Å². The van der Waals surface area contributed by atoms with Gasteiger partial charge in [0.2, 0.25) is 0 Å². The molecule has 1 aliphatic rings. The number of aryl methyl sites for hydroxylation is 1. The molecule has 0 aliphatic heterocycles. The summed E-state index contributed by atoms with van der Waals surface area (Å²) in [6, 6.07) is 0.389. The highest BCUT2D eigenvalue weighted by molar-refractivity contribution is 5.06. The normalized spacial score (nSPS) is 29.5. The second kappa shape index (κ2) is 2.90. The highest BCUT2D eigenvalue weighted by Crippen LogP contribution is 2.31. The fourth-order valence-corrected chi connectivity index (χ4v) is 1.91. The van der Waals surface area contributed by atoms with E-state index in [1.54, 1.807) is 0 Å². The lowest BCUT2D eigenvalue weighted by Gasteiger charge is -2.04. The fraction of sp³-hybridized carbons (Fsp3) is 0.667. The van der Waals surface area contributed by atoms with Crippen molar-refractivity contribution in [2.24, 2.45) is 5.73 Å². The van der Waals surface area contributed by atoms with E-state index < -0.39 is 0 Å². The van der Waals surface area contributed by atoms with Gasteiger partial charge < -0.3 is 10.7 Å². The summed E-state index contributed by atoms with van der Waals surface area (Å²) >= 11 is 0. The fourth-order valence-electron chi connectivity index (χ4n) is 1.91. The molecule has 0 spiro atoms. The smallest absolute Gasteiger partial charge is 0.109 e. The molecule has 2 atom stereocenters. The van der Waals surface area contributed by atoms with Crippen LogP contribution >= 0.6 is 0 Å². The molecule has 1 aromatic rings. The summed E-state index contributed by atoms with van der Waals surface area (Å²) in [5.41, 5.74) is 6.97. The average molecular weight is 165 g/mol. The first-order chi connectivity index (χ1) is 5.75. The first-order valence-corrected chi connectivity index (χ1v) is 4.53. The molecule has 0 bridgehead atoms. The zero-order valence-corrected chi connectivity index (χ0v) is 7.38. The van der Waals surface area contributed by atoms with Gasteiger partial charge in [0.15, 0.2) is 0 Å². The lowest BCUT2D eigenvalue weighted by Crippen LogP contribution is -2.14. The number of hydrogen-bond acceptors (Lipinski definition) is 2. The number of nitrogens with two attached hydrogens (primary N) is 1. The molecule has 1 saturated carbocycles. The maximum absolute atomic E-state index is 5.83. The Labute approximate surface area is 72.4 Å². The van der Waals surface area contributed by atoms with Gasteiger partial charge in [-0.25, -0.2) is 4.98 Å². The van der Waals surface area contributed by atoms with Crippen LogP contribution in [0.15, 0.2) is 6.20 Å². The van der Waals surface area contributed by atoms with E-state index in [4.69, 9.17) is 5.73 Å². The molecule has 1 aromatic heterocycles. The van der Waals surface area contributed by atoms with Crippen LogP contribution in [-0.2, 0) is 0 Å². The van der Waals surface area contributed by atoms with Gasteiger partial charge in [-0.3, -0.25) is 0 Å². The van der Waals surface area contributed by atoms with Crippen molar-refractivity contribution >= 4 is 0 Å². The van der Waals surface area contributed by atoms with Crippen molar-refractivity contribution in [2.45, 2.75) is 38.1 Å². The Morgan fingerprint density at radius 1 is 1.58 bits per heavy atom. The SMILES string of the molecule is Cc1cnc(C2CCC(N)C2)[nH]1. The standard InChI is InChI=1S/C9H15N3/c1-6-5-11-9(12-6)7-2-3-8(10)4-7/h5,7-8H,2-4,10H2,1H3,(H,11,12). The second-order valence-electron chi connectivity index (χ2n) is 3.72.